The first kappa shape index (κ1) is 22.4. The van der Waals surface area contributed by atoms with Gasteiger partial charge in [0.05, 0.1) is 16.1 Å². The van der Waals surface area contributed by atoms with Crippen LogP contribution in [0, 0.1) is 6.92 Å². The minimum absolute atomic E-state index is 0.0342. The van der Waals surface area contributed by atoms with Gasteiger partial charge >= 0.3 is 6.09 Å². The number of carbonyl (C=O) groups excluding carboxylic acids is 2. The predicted molar refractivity (Wildman–Crippen MR) is 131 cm³/mol. The summed E-state index contributed by atoms with van der Waals surface area (Å²) >= 11 is 0. The molecular weight excluding hydrogens is 480 g/mol. The van der Waals surface area contributed by atoms with Gasteiger partial charge in [0.1, 0.15) is 24.7 Å². The molecular formula is C27H22N2O6S. The molecule has 182 valence electrons. The van der Waals surface area contributed by atoms with Crippen LogP contribution in [0.2, 0.25) is 0 Å². The number of ether oxygens (including phenoxy) is 2. The van der Waals surface area contributed by atoms with Crippen LogP contribution in [0.25, 0.3) is 10.9 Å². The van der Waals surface area contributed by atoms with Crippen molar-refractivity contribution in [3.05, 3.63) is 95.2 Å². The Kier molecular flexibility index (Phi) is 5.11. The van der Waals surface area contributed by atoms with Crippen molar-refractivity contribution in [3.8, 4) is 5.75 Å². The van der Waals surface area contributed by atoms with E-state index in [1.54, 1.807) is 24.3 Å². The van der Waals surface area contributed by atoms with E-state index < -0.39 is 28.3 Å². The standard InChI is InChI=1S/C27H22N2O6S/c1-17-7-9-20(10-8-17)36(32,33)29-24-14-28-22-11-19(15-30)12-25(34-16-18-5-3-2-4-6-18)21(22)13-23(28)26(24)35-27(29)31/h2-13,15,24,26H,14,16H2,1H3/t24-,26+/m0/s1. The van der Waals surface area contributed by atoms with Crippen molar-refractivity contribution >= 4 is 33.3 Å². The average molecular weight is 503 g/mol. The lowest BCUT2D eigenvalue weighted by atomic mass is 10.1. The minimum Gasteiger partial charge on any atom is -0.488 e. The summed E-state index contributed by atoms with van der Waals surface area (Å²) in [5.74, 6) is 0.533. The van der Waals surface area contributed by atoms with Gasteiger partial charge in [-0.15, -0.1) is 0 Å². The van der Waals surface area contributed by atoms with Crippen LogP contribution in [-0.4, -0.2) is 35.7 Å². The van der Waals surface area contributed by atoms with Crippen LogP contribution in [0.5, 0.6) is 5.75 Å². The summed E-state index contributed by atoms with van der Waals surface area (Å²) in [6, 6.07) is 20.6. The summed E-state index contributed by atoms with van der Waals surface area (Å²) in [4.78, 5) is 24.5. The van der Waals surface area contributed by atoms with Gasteiger partial charge in [-0.1, -0.05) is 48.0 Å². The molecule has 0 aliphatic carbocycles. The fourth-order valence-corrected chi connectivity index (χ4v) is 6.42. The van der Waals surface area contributed by atoms with Crippen LogP contribution in [0.3, 0.4) is 0 Å². The van der Waals surface area contributed by atoms with Gasteiger partial charge in [-0.2, -0.15) is 4.31 Å². The van der Waals surface area contributed by atoms with E-state index >= 15 is 0 Å². The molecule has 1 saturated heterocycles. The van der Waals surface area contributed by atoms with Crippen molar-refractivity contribution < 1.29 is 27.5 Å². The molecule has 9 heteroatoms. The van der Waals surface area contributed by atoms with Crippen LogP contribution in [0.4, 0.5) is 4.79 Å². The zero-order valence-electron chi connectivity index (χ0n) is 19.3. The Bertz CT molecular complexity index is 1610. The second kappa shape index (κ2) is 8.23. The van der Waals surface area contributed by atoms with E-state index in [-0.39, 0.29) is 11.4 Å². The molecule has 36 heavy (non-hydrogen) atoms. The summed E-state index contributed by atoms with van der Waals surface area (Å²) in [5, 5.41) is 0.765. The lowest BCUT2D eigenvalue weighted by Crippen LogP contribution is -2.39. The third-order valence-electron chi connectivity index (χ3n) is 6.71. The van der Waals surface area contributed by atoms with Gasteiger partial charge < -0.3 is 14.0 Å². The second-order valence-corrected chi connectivity index (χ2v) is 10.8. The van der Waals surface area contributed by atoms with Gasteiger partial charge in [-0.25, -0.2) is 13.2 Å². The summed E-state index contributed by atoms with van der Waals surface area (Å²) in [7, 11) is -4.10. The maximum atomic E-state index is 13.4. The molecule has 0 saturated carbocycles. The van der Waals surface area contributed by atoms with Crippen LogP contribution in [-0.2, 0) is 27.9 Å². The zero-order valence-corrected chi connectivity index (χ0v) is 20.1. The molecule has 0 radical (unpaired) electrons. The van der Waals surface area contributed by atoms with Gasteiger partial charge in [-0.3, -0.25) is 4.79 Å². The van der Waals surface area contributed by atoms with E-state index in [2.05, 4.69) is 0 Å². The minimum atomic E-state index is -4.10. The SMILES string of the molecule is Cc1ccc(S(=O)(=O)N2C(=O)O[C@@H]3c4cc5c(OCc6ccccc6)cc(C=O)cc5n4C[C@@H]32)cc1. The van der Waals surface area contributed by atoms with Crippen molar-refractivity contribution in [2.24, 2.45) is 0 Å². The summed E-state index contributed by atoms with van der Waals surface area (Å²) in [5.41, 5.74) is 3.71. The normalized spacial score (nSPS) is 18.7. The molecule has 0 N–H and O–H groups in total. The number of carbonyl (C=O) groups is 2. The van der Waals surface area contributed by atoms with E-state index in [1.165, 1.54) is 12.1 Å². The Hall–Kier alpha value is -4.11. The smallest absolute Gasteiger partial charge is 0.425 e. The number of aryl methyl sites for hydroxylation is 1. The van der Waals surface area contributed by atoms with Crippen molar-refractivity contribution in [1.82, 2.24) is 8.87 Å². The maximum absolute atomic E-state index is 13.4. The molecule has 8 nitrogen and oxygen atoms in total. The van der Waals surface area contributed by atoms with E-state index in [0.717, 1.165) is 32.6 Å². The first-order valence-corrected chi connectivity index (χ1v) is 12.9. The van der Waals surface area contributed by atoms with E-state index in [0.29, 0.717) is 23.6 Å². The second-order valence-electron chi connectivity index (χ2n) is 9.01. The monoisotopic (exact) mass is 502 g/mol. The first-order valence-electron chi connectivity index (χ1n) is 11.5. The lowest BCUT2D eigenvalue weighted by molar-refractivity contribution is 0.112. The highest BCUT2D eigenvalue weighted by atomic mass is 32.2. The number of hydrogen-bond donors (Lipinski definition) is 0. The van der Waals surface area contributed by atoms with Crippen LogP contribution in [0.15, 0.2) is 77.7 Å². The molecule has 2 aliphatic heterocycles. The van der Waals surface area contributed by atoms with E-state index in [1.807, 2.05) is 47.9 Å². The molecule has 2 aliphatic rings. The summed E-state index contributed by atoms with van der Waals surface area (Å²) < 4.78 is 41.1. The van der Waals surface area contributed by atoms with Crippen molar-refractivity contribution in [3.63, 3.8) is 0 Å². The molecule has 1 fully saturated rings. The highest BCUT2D eigenvalue weighted by Crippen LogP contribution is 2.45. The number of amides is 1. The maximum Gasteiger partial charge on any atom is 0.425 e. The molecule has 3 aromatic carbocycles. The average Bonchev–Trinajstić information content (AvgIpc) is 3.51. The Balaban J connectivity index is 1.37. The van der Waals surface area contributed by atoms with Crippen molar-refractivity contribution in [1.29, 1.82) is 0 Å². The summed E-state index contributed by atoms with van der Waals surface area (Å²) in [6.07, 6.45) is -0.901. The van der Waals surface area contributed by atoms with Gasteiger partial charge in [0, 0.05) is 17.5 Å². The molecule has 2 atom stereocenters. The van der Waals surface area contributed by atoms with E-state index in [4.69, 9.17) is 9.47 Å². The third kappa shape index (κ3) is 3.46. The first-order chi connectivity index (χ1) is 17.4. The molecule has 4 aromatic rings. The number of rotatable bonds is 6. The van der Waals surface area contributed by atoms with Crippen molar-refractivity contribution in [2.75, 3.05) is 0 Å². The predicted octanol–water partition coefficient (Wildman–Crippen LogP) is 4.61. The number of aldehydes is 1. The number of aromatic nitrogens is 1. The quantitative estimate of drug-likeness (QED) is 0.358. The topological polar surface area (TPSA) is 94.9 Å². The van der Waals surface area contributed by atoms with E-state index in [9.17, 15) is 18.0 Å². The molecule has 0 unspecified atom stereocenters. The zero-order chi connectivity index (χ0) is 25.0. The van der Waals surface area contributed by atoms with Gasteiger partial charge in [-0.05, 0) is 42.8 Å². The number of fused-ring (bicyclic) bond motifs is 5. The Labute approximate surface area is 207 Å². The molecule has 3 heterocycles. The molecule has 0 bridgehead atoms. The Morgan fingerprint density at radius 1 is 1.06 bits per heavy atom. The largest absolute Gasteiger partial charge is 0.488 e. The number of nitrogens with zero attached hydrogens (tertiary/aromatic N) is 2. The Morgan fingerprint density at radius 3 is 2.53 bits per heavy atom. The highest BCUT2D eigenvalue weighted by Gasteiger charge is 2.53. The van der Waals surface area contributed by atoms with Crippen molar-refractivity contribution in [2.45, 2.75) is 37.1 Å². The summed E-state index contributed by atoms with van der Waals surface area (Å²) in [6.45, 7) is 2.39. The fourth-order valence-electron chi connectivity index (χ4n) is 4.94. The van der Waals surface area contributed by atoms with Gasteiger partial charge in [0.15, 0.2) is 6.10 Å². The third-order valence-corrected chi connectivity index (χ3v) is 8.51. The van der Waals surface area contributed by atoms with Gasteiger partial charge in [0.25, 0.3) is 10.0 Å². The lowest BCUT2D eigenvalue weighted by Gasteiger charge is -2.20. The molecule has 6 rings (SSSR count). The molecule has 0 spiro atoms. The molecule has 1 amide bonds. The molecule has 1 aromatic heterocycles. The van der Waals surface area contributed by atoms with Crippen LogP contribution >= 0.6 is 0 Å². The van der Waals surface area contributed by atoms with Crippen LogP contribution < -0.4 is 4.74 Å². The van der Waals surface area contributed by atoms with Gasteiger partial charge in [0.2, 0.25) is 0 Å². The van der Waals surface area contributed by atoms with Crippen LogP contribution in [0.1, 0.15) is 33.3 Å². The number of benzene rings is 3. The fraction of sp³-hybridized carbons (Fsp3) is 0.185. The Morgan fingerprint density at radius 2 is 1.81 bits per heavy atom. The number of sulfonamides is 1. The highest BCUT2D eigenvalue weighted by molar-refractivity contribution is 7.89. The number of hydrogen-bond acceptors (Lipinski definition) is 6.